The summed E-state index contributed by atoms with van der Waals surface area (Å²) >= 11 is 0. The van der Waals surface area contributed by atoms with E-state index in [0.717, 1.165) is 6.92 Å². The Morgan fingerprint density at radius 2 is 1.64 bits per heavy atom. The molecule has 0 unspecified atom stereocenters. The molecule has 0 aliphatic rings. The molecule has 25 heavy (non-hydrogen) atoms. The number of carbonyl (C=O) groups is 2. The van der Waals surface area contributed by atoms with Crippen molar-refractivity contribution in [3.63, 3.8) is 0 Å². The van der Waals surface area contributed by atoms with Crippen LogP contribution < -0.4 is 10.1 Å². The van der Waals surface area contributed by atoms with E-state index in [1.807, 2.05) is 0 Å². The molecule has 0 bridgehead atoms. The summed E-state index contributed by atoms with van der Waals surface area (Å²) in [5, 5.41) is 2.38. The van der Waals surface area contributed by atoms with Gasteiger partial charge in [0.2, 0.25) is 11.6 Å². The highest BCUT2D eigenvalue weighted by atomic mass is 19.2. The second kappa shape index (κ2) is 7.33. The number of hydrogen-bond acceptors (Lipinski definition) is 3. The summed E-state index contributed by atoms with van der Waals surface area (Å²) < 4.78 is 58.1. The van der Waals surface area contributed by atoms with Crippen LogP contribution in [0.15, 0.2) is 30.3 Å². The van der Waals surface area contributed by atoms with Gasteiger partial charge in [-0.1, -0.05) is 12.1 Å². The van der Waals surface area contributed by atoms with E-state index in [1.165, 1.54) is 31.2 Å². The Bertz CT molecular complexity index is 813. The highest BCUT2D eigenvalue weighted by molar-refractivity contribution is 5.98. The number of ketones is 1. The quantitative estimate of drug-likeness (QED) is 0.504. The van der Waals surface area contributed by atoms with Gasteiger partial charge in [-0.3, -0.25) is 9.59 Å². The molecule has 2 rings (SSSR count). The summed E-state index contributed by atoms with van der Waals surface area (Å²) in [6.45, 7) is 2.49. The van der Waals surface area contributed by atoms with Crippen molar-refractivity contribution in [2.75, 3.05) is 5.32 Å². The van der Waals surface area contributed by atoms with Crippen LogP contribution in [0.3, 0.4) is 0 Å². The molecule has 2 aromatic carbocycles. The first-order chi connectivity index (χ1) is 11.7. The van der Waals surface area contributed by atoms with Crippen LogP contribution in [0.25, 0.3) is 0 Å². The molecule has 132 valence electrons. The highest BCUT2D eigenvalue weighted by Crippen LogP contribution is 2.27. The number of halogens is 4. The predicted molar refractivity (Wildman–Crippen MR) is 81.4 cm³/mol. The van der Waals surface area contributed by atoms with Crippen molar-refractivity contribution in [1.82, 2.24) is 0 Å². The Morgan fingerprint density at radius 3 is 2.20 bits per heavy atom. The monoisotopic (exact) mass is 355 g/mol. The smallest absolute Gasteiger partial charge is 0.265 e. The van der Waals surface area contributed by atoms with E-state index in [1.54, 1.807) is 0 Å². The lowest BCUT2D eigenvalue weighted by atomic mass is 10.1. The molecule has 0 fully saturated rings. The van der Waals surface area contributed by atoms with Crippen molar-refractivity contribution in [3.05, 3.63) is 59.2 Å². The number of anilines is 1. The van der Waals surface area contributed by atoms with E-state index < -0.39 is 41.0 Å². The van der Waals surface area contributed by atoms with Crippen LogP contribution >= 0.6 is 0 Å². The maximum absolute atomic E-state index is 13.6. The van der Waals surface area contributed by atoms with E-state index in [2.05, 4.69) is 5.32 Å². The zero-order valence-corrected chi connectivity index (χ0v) is 13.2. The van der Waals surface area contributed by atoms with Crippen LogP contribution in [0.1, 0.15) is 24.2 Å². The van der Waals surface area contributed by atoms with Crippen LogP contribution in [-0.4, -0.2) is 17.8 Å². The van der Waals surface area contributed by atoms with E-state index in [-0.39, 0.29) is 17.5 Å². The fourth-order valence-electron chi connectivity index (χ4n) is 1.94. The molecule has 1 atom stereocenters. The van der Waals surface area contributed by atoms with Crippen molar-refractivity contribution in [1.29, 1.82) is 0 Å². The molecule has 4 nitrogen and oxygen atoms in total. The molecule has 0 radical (unpaired) electrons. The zero-order chi connectivity index (χ0) is 18.7. The zero-order valence-electron chi connectivity index (χ0n) is 13.2. The second-order valence-electron chi connectivity index (χ2n) is 5.18. The SMILES string of the molecule is CC(=O)c1cccc(NC(=O)[C@@H](C)Oc2c(F)c(F)cc(F)c2F)c1. The number of hydrogen-bond donors (Lipinski definition) is 1. The first-order valence-electron chi connectivity index (χ1n) is 7.12. The molecule has 0 aromatic heterocycles. The third kappa shape index (κ3) is 4.14. The summed E-state index contributed by atoms with van der Waals surface area (Å²) in [5.74, 6) is -9.14. The maximum atomic E-state index is 13.6. The standard InChI is InChI=1S/C17H13F4NO3/c1-8(23)10-4-3-5-11(6-10)22-17(24)9(2)25-16-14(20)12(18)7-13(19)15(16)21/h3-7,9H,1-2H3,(H,22,24)/t9-/m1/s1. The van der Waals surface area contributed by atoms with E-state index in [4.69, 9.17) is 4.74 Å². The molecule has 1 N–H and O–H groups in total. The van der Waals surface area contributed by atoms with Crippen LogP contribution in [0.5, 0.6) is 5.75 Å². The summed E-state index contributed by atoms with van der Waals surface area (Å²) in [6.07, 6.45) is -1.47. The minimum atomic E-state index is -1.74. The Hall–Kier alpha value is -2.90. The van der Waals surface area contributed by atoms with Gasteiger partial charge < -0.3 is 10.1 Å². The van der Waals surface area contributed by atoms with Gasteiger partial charge in [0.15, 0.2) is 29.3 Å². The molecular weight excluding hydrogens is 342 g/mol. The van der Waals surface area contributed by atoms with E-state index >= 15 is 0 Å². The summed E-state index contributed by atoms with van der Waals surface area (Å²) in [6, 6.07) is 5.99. The molecule has 8 heteroatoms. The topological polar surface area (TPSA) is 55.4 Å². The summed E-state index contributed by atoms with van der Waals surface area (Å²) in [7, 11) is 0. The molecule has 0 aliphatic heterocycles. The predicted octanol–water partition coefficient (Wildman–Crippen LogP) is 3.85. The van der Waals surface area contributed by atoms with Gasteiger partial charge in [-0.2, -0.15) is 8.78 Å². The number of amides is 1. The molecule has 0 heterocycles. The second-order valence-corrected chi connectivity index (χ2v) is 5.18. The Labute approximate surface area is 140 Å². The Balaban J connectivity index is 2.17. The minimum absolute atomic E-state index is 0.0372. The van der Waals surface area contributed by atoms with Crippen molar-refractivity contribution < 1.29 is 31.9 Å². The molecule has 0 aliphatic carbocycles. The summed E-state index contributed by atoms with van der Waals surface area (Å²) in [5.41, 5.74) is 0.593. The maximum Gasteiger partial charge on any atom is 0.265 e. The van der Waals surface area contributed by atoms with Gasteiger partial charge >= 0.3 is 0 Å². The Morgan fingerprint density at radius 1 is 1.04 bits per heavy atom. The average molecular weight is 355 g/mol. The van der Waals surface area contributed by atoms with Gasteiger partial charge in [0.25, 0.3) is 5.91 Å². The van der Waals surface area contributed by atoms with Crippen LogP contribution in [0.4, 0.5) is 23.2 Å². The lowest BCUT2D eigenvalue weighted by molar-refractivity contribution is -0.122. The van der Waals surface area contributed by atoms with Crippen molar-refractivity contribution in [2.45, 2.75) is 20.0 Å². The Kier molecular flexibility index (Phi) is 5.41. The molecule has 1 amide bonds. The van der Waals surface area contributed by atoms with E-state index in [9.17, 15) is 27.2 Å². The van der Waals surface area contributed by atoms with Crippen LogP contribution in [0, 0.1) is 23.3 Å². The van der Waals surface area contributed by atoms with Gasteiger partial charge in [0.1, 0.15) is 0 Å². The number of ether oxygens (including phenoxy) is 1. The van der Waals surface area contributed by atoms with Crippen molar-refractivity contribution >= 4 is 17.4 Å². The largest absolute Gasteiger partial charge is 0.475 e. The molecule has 0 saturated carbocycles. The van der Waals surface area contributed by atoms with Gasteiger partial charge in [-0.15, -0.1) is 0 Å². The van der Waals surface area contributed by atoms with Crippen LogP contribution in [-0.2, 0) is 4.79 Å². The normalized spacial score (nSPS) is 11.8. The number of carbonyl (C=O) groups excluding carboxylic acids is 2. The first kappa shape index (κ1) is 18.4. The van der Waals surface area contributed by atoms with Crippen molar-refractivity contribution in [3.8, 4) is 5.75 Å². The number of Topliss-reactive ketones (excluding diaryl/α,β-unsaturated/α-hetero) is 1. The minimum Gasteiger partial charge on any atom is -0.475 e. The molecular formula is C17H13F4NO3. The van der Waals surface area contributed by atoms with Gasteiger partial charge in [-0.25, -0.2) is 8.78 Å². The number of benzene rings is 2. The van der Waals surface area contributed by atoms with Gasteiger partial charge in [0.05, 0.1) is 0 Å². The third-order valence-electron chi connectivity index (χ3n) is 3.27. The lowest BCUT2D eigenvalue weighted by Gasteiger charge is -2.16. The molecule has 2 aromatic rings. The number of nitrogens with one attached hydrogen (secondary N) is 1. The van der Waals surface area contributed by atoms with Gasteiger partial charge in [0, 0.05) is 17.3 Å². The molecule has 0 saturated heterocycles. The number of rotatable bonds is 5. The summed E-state index contributed by atoms with van der Waals surface area (Å²) in [4.78, 5) is 23.3. The molecule has 0 spiro atoms. The van der Waals surface area contributed by atoms with Gasteiger partial charge in [-0.05, 0) is 26.0 Å². The fraction of sp³-hybridized carbons (Fsp3) is 0.176. The first-order valence-corrected chi connectivity index (χ1v) is 7.12. The van der Waals surface area contributed by atoms with Crippen molar-refractivity contribution in [2.24, 2.45) is 0 Å². The lowest BCUT2D eigenvalue weighted by Crippen LogP contribution is -2.31. The third-order valence-corrected chi connectivity index (χ3v) is 3.27. The average Bonchev–Trinajstić information content (AvgIpc) is 2.56. The van der Waals surface area contributed by atoms with Crippen LogP contribution in [0.2, 0.25) is 0 Å². The highest BCUT2D eigenvalue weighted by Gasteiger charge is 2.25. The van der Waals surface area contributed by atoms with E-state index in [0.29, 0.717) is 5.56 Å². The fourth-order valence-corrected chi connectivity index (χ4v) is 1.94.